The van der Waals surface area contributed by atoms with Crippen LogP contribution in [-0.4, -0.2) is 5.97 Å². The van der Waals surface area contributed by atoms with Crippen LogP contribution >= 0.6 is 0 Å². The number of alkyl halides is 3. The van der Waals surface area contributed by atoms with Gasteiger partial charge in [0.15, 0.2) is 0 Å². The molecule has 0 radical (unpaired) electrons. The van der Waals surface area contributed by atoms with Gasteiger partial charge in [-0.1, -0.05) is 55.1 Å². The van der Waals surface area contributed by atoms with Crippen LogP contribution in [0.15, 0.2) is 55.1 Å². The SMILES string of the molecule is C=Cc1cccc(C(F)(F)F)c1C(=O)OCc1ccccc1. The van der Waals surface area contributed by atoms with Crippen molar-refractivity contribution in [3.05, 3.63) is 77.4 Å². The topological polar surface area (TPSA) is 26.3 Å². The normalized spacial score (nSPS) is 11.0. The summed E-state index contributed by atoms with van der Waals surface area (Å²) >= 11 is 0. The number of ether oxygens (including phenoxy) is 1. The number of hydrogen-bond acceptors (Lipinski definition) is 2. The molecule has 0 bridgehead atoms. The van der Waals surface area contributed by atoms with Gasteiger partial charge in [0.25, 0.3) is 0 Å². The molecule has 0 fully saturated rings. The van der Waals surface area contributed by atoms with E-state index in [1.165, 1.54) is 18.2 Å². The fraction of sp³-hybridized carbons (Fsp3) is 0.118. The van der Waals surface area contributed by atoms with Gasteiger partial charge in [0.05, 0.1) is 11.1 Å². The van der Waals surface area contributed by atoms with Crippen LogP contribution in [0, 0.1) is 0 Å². The van der Waals surface area contributed by atoms with Gasteiger partial charge in [-0.05, 0) is 17.2 Å². The largest absolute Gasteiger partial charge is 0.457 e. The molecule has 0 aliphatic heterocycles. The summed E-state index contributed by atoms with van der Waals surface area (Å²) in [6.07, 6.45) is -3.44. The Bertz CT molecular complexity index is 676. The molecule has 0 unspecified atom stereocenters. The van der Waals surface area contributed by atoms with Gasteiger partial charge in [-0.3, -0.25) is 0 Å². The van der Waals surface area contributed by atoms with Crippen LogP contribution in [0.4, 0.5) is 13.2 Å². The highest BCUT2D eigenvalue weighted by Gasteiger charge is 2.36. The number of halogens is 3. The Morgan fingerprint density at radius 3 is 2.36 bits per heavy atom. The van der Waals surface area contributed by atoms with E-state index >= 15 is 0 Å². The smallest absolute Gasteiger partial charge is 0.417 e. The second-order valence-electron chi connectivity index (χ2n) is 4.53. The average Bonchev–Trinajstić information content (AvgIpc) is 2.52. The van der Waals surface area contributed by atoms with E-state index in [2.05, 4.69) is 6.58 Å². The summed E-state index contributed by atoms with van der Waals surface area (Å²) in [5.41, 5.74) is -0.753. The van der Waals surface area contributed by atoms with Crippen LogP contribution in [0.5, 0.6) is 0 Å². The van der Waals surface area contributed by atoms with Crippen LogP contribution < -0.4 is 0 Å². The summed E-state index contributed by atoms with van der Waals surface area (Å²) in [6.45, 7) is 3.35. The van der Waals surface area contributed by atoms with Crippen molar-refractivity contribution in [2.45, 2.75) is 12.8 Å². The van der Waals surface area contributed by atoms with Crippen molar-refractivity contribution in [2.24, 2.45) is 0 Å². The summed E-state index contributed by atoms with van der Waals surface area (Å²) in [5.74, 6) is -1.02. The third-order valence-electron chi connectivity index (χ3n) is 3.04. The highest BCUT2D eigenvalue weighted by molar-refractivity contribution is 5.95. The zero-order valence-corrected chi connectivity index (χ0v) is 11.6. The molecule has 0 aromatic heterocycles. The number of carbonyl (C=O) groups is 1. The summed E-state index contributed by atoms with van der Waals surface area (Å²) in [5, 5.41) is 0. The van der Waals surface area contributed by atoms with Crippen LogP contribution in [0.1, 0.15) is 27.0 Å². The lowest BCUT2D eigenvalue weighted by molar-refractivity contribution is -0.138. The lowest BCUT2D eigenvalue weighted by atomic mass is 10.0. The maximum Gasteiger partial charge on any atom is 0.417 e. The second-order valence-corrected chi connectivity index (χ2v) is 4.53. The van der Waals surface area contributed by atoms with Crippen molar-refractivity contribution in [1.82, 2.24) is 0 Å². The van der Waals surface area contributed by atoms with Gasteiger partial charge < -0.3 is 4.74 Å². The van der Waals surface area contributed by atoms with Gasteiger partial charge in [0.2, 0.25) is 0 Å². The molecule has 0 heterocycles. The van der Waals surface area contributed by atoms with Gasteiger partial charge >= 0.3 is 12.1 Å². The number of rotatable bonds is 4. The van der Waals surface area contributed by atoms with Gasteiger partial charge in [-0.2, -0.15) is 13.2 Å². The third kappa shape index (κ3) is 3.55. The van der Waals surface area contributed by atoms with Gasteiger partial charge in [0.1, 0.15) is 6.61 Å². The molecular weight excluding hydrogens is 293 g/mol. The lowest BCUT2D eigenvalue weighted by Gasteiger charge is -2.14. The molecule has 0 spiro atoms. The zero-order chi connectivity index (χ0) is 16.2. The Balaban J connectivity index is 2.30. The van der Waals surface area contributed by atoms with E-state index in [0.717, 1.165) is 6.07 Å². The predicted molar refractivity (Wildman–Crippen MR) is 77.1 cm³/mol. The first-order valence-corrected chi connectivity index (χ1v) is 6.47. The van der Waals surface area contributed by atoms with E-state index in [9.17, 15) is 18.0 Å². The van der Waals surface area contributed by atoms with E-state index in [4.69, 9.17) is 4.74 Å². The monoisotopic (exact) mass is 306 g/mol. The molecule has 0 saturated carbocycles. The second kappa shape index (κ2) is 6.47. The van der Waals surface area contributed by atoms with Crippen molar-refractivity contribution in [3.63, 3.8) is 0 Å². The Kier molecular flexibility index (Phi) is 4.65. The van der Waals surface area contributed by atoms with E-state index in [1.54, 1.807) is 30.3 Å². The van der Waals surface area contributed by atoms with Crippen molar-refractivity contribution < 1.29 is 22.7 Å². The van der Waals surface area contributed by atoms with Gasteiger partial charge in [0, 0.05) is 0 Å². The highest BCUT2D eigenvalue weighted by Crippen LogP contribution is 2.34. The molecule has 0 saturated heterocycles. The molecule has 2 rings (SSSR count). The average molecular weight is 306 g/mol. The van der Waals surface area contributed by atoms with Crippen molar-refractivity contribution in [1.29, 1.82) is 0 Å². The molecule has 0 N–H and O–H groups in total. The van der Waals surface area contributed by atoms with Gasteiger partial charge in [-0.25, -0.2) is 4.79 Å². The number of hydrogen-bond donors (Lipinski definition) is 0. The molecule has 2 aromatic carbocycles. The standard InChI is InChI=1S/C17H13F3O2/c1-2-13-9-6-10-14(17(18,19)20)15(13)16(21)22-11-12-7-4-3-5-8-12/h2-10H,1,11H2. The molecule has 0 atom stereocenters. The number of benzene rings is 2. The minimum atomic E-state index is -4.64. The van der Waals surface area contributed by atoms with Crippen molar-refractivity contribution in [3.8, 4) is 0 Å². The summed E-state index contributed by atoms with van der Waals surface area (Å²) in [6, 6.07) is 12.2. The van der Waals surface area contributed by atoms with Crippen molar-refractivity contribution >= 4 is 12.0 Å². The molecule has 2 aromatic rings. The fourth-order valence-corrected chi connectivity index (χ4v) is 2.00. The molecule has 5 heteroatoms. The lowest BCUT2D eigenvalue weighted by Crippen LogP contribution is -2.16. The highest BCUT2D eigenvalue weighted by atomic mass is 19.4. The zero-order valence-electron chi connectivity index (χ0n) is 11.6. The first kappa shape index (κ1) is 15.8. The quantitative estimate of drug-likeness (QED) is 0.765. The summed E-state index contributed by atoms with van der Waals surface area (Å²) < 4.78 is 44.1. The predicted octanol–water partition coefficient (Wildman–Crippen LogP) is 4.71. The van der Waals surface area contributed by atoms with E-state index in [1.807, 2.05) is 0 Å². The maximum absolute atomic E-state index is 13.0. The molecule has 114 valence electrons. The van der Waals surface area contributed by atoms with Crippen molar-refractivity contribution in [2.75, 3.05) is 0 Å². The van der Waals surface area contributed by atoms with Crippen LogP contribution in [0.25, 0.3) is 6.08 Å². The fourth-order valence-electron chi connectivity index (χ4n) is 2.00. The molecule has 2 nitrogen and oxygen atoms in total. The Morgan fingerprint density at radius 1 is 1.09 bits per heavy atom. The number of esters is 1. The van der Waals surface area contributed by atoms with Crippen LogP contribution in [0.2, 0.25) is 0 Å². The third-order valence-corrected chi connectivity index (χ3v) is 3.04. The summed E-state index contributed by atoms with van der Waals surface area (Å²) in [7, 11) is 0. The molecular formula is C17H13F3O2. The first-order chi connectivity index (χ1) is 10.4. The molecule has 22 heavy (non-hydrogen) atoms. The Labute approximate surface area is 125 Å². The van der Waals surface area contributed by atoms with Gasteiger partial charge in [-0.15, -0.1) is 0 Å². The molecule has 0 aliphatic carbocycles. The minimum Gasteiger partial charge on any atom is -0.457 e. The maximum atomic E-state index is 13.0. The Morgan fingerprint density at radius 2 is 1.77 bits per heavy atom. The van der Waals surface area contributed by atoms with E-state index in [0.29, 0.717) is 5.56 Å². The van der Waals surface area contributed by atoms with E-state index < -0.39 is 23.3 Å². The molecule has 0 amide bonds. The first-order valence-electron chi connectivity index (χ1n) is 6.47. The minimum absolute atomic E-state index is 0.0906. The van der Waals surface area contributed by atoms with E-state index in [-0.39, 0.29) is 12.2 Å². The summed E-state index contributed by atoms with van der Waals surface area (Å²) in [4.78, 5) is 12.1. The number of carbonyl (C=O) groups excluding carboxylic acids is 1. The van der Waals surface area contributed by atoms with Crippen LogP contribution in [0.3, 0.4) is 0 Å². The molecule has 0 aliphatic rings. The Hall–Kier alpha value is -2.56. The van der Waals surface area contributed by atoms with Crippen LogP contribution in [-0.2, 0) is 17.5 Å².